The van der Waals surface area contributed by atoms with Gasteiger partial charge in [-0.15, -0.1) is 0 Å². The van der Waals surface area contributed by atoms with E-state index < -0.39 is 0 Å². The molecular weight excluding hydrogens is 266 g/mol. The van der Waals surface area contributed by atoms with E-state index in [2.05, 4.69) is 28.0 Å². The molecule has 0 aliphatic heterocycles. The van der Waals surface area contributed by atoms with Crippen LogP contribution in [0.25, 0.3) is 0 Å². The fraction of sp³-hybridized carbons (Fsp3) is 0.438. The molecule has 1 heterocycles. The van der Waals surface area contributed by atoms with Crippen LogP contribution in [0.2, 0.25) is 0 Å². The molecule has 1 N–H and O–H groups in total. The number of anilines is 2. The third-order valence-corrected chi connectivity index (χ3v) is 3.32. The minimum Gasteiger partial charge on any atom is -0.497 e. The third-order valence-electron chi connectivity index (χ3n) is 3.32. The van der Waals surface area contributed by atoms with E-state index >= 15 is 0 Å². The lowest BCUT2D eigenvalue weighted by atomic mass is 10.2. The zero-order chi connectivity index (χ0) is 15.2. The molecule has 0 spiro atoms. The average molecular weight is 289 g/mol. The van der Waals surface area contributed by atoms with Crippen molar-refractivity contribution < 1.29 is 9.47 Å². The SMILES string of the molecule is COCCCn1cc(C)nc1Nc1ccc(OC)cc1C. The van der Waals surface area contributed by atoms with Gasteiger partial charge in [0.15, 0.2) is 0 Å². The zero-order valence-corrected chi connectivity index (χ0v) is 13.1. The fourth-order valence-corrected chi connectivity index (χ4v) is 2.22. The van der Waals surface area contributed by atoms with Crippen LogP contribution in [0.3, 0.4) is 0 Å². The molecule has 2 rings (SSSR count). The molecule has 1 aromatic heterocycles. The monoisotopic (exact) mass is 289 g/mol. The lowest BCUT2D eigenvalue weighted by Gasteiger charge is -2.12. The molecule has 0 radical (unpaired) electrons. The summed E-state index contributed by atoms with van der Waals surface area (Å²) in [7, 11) is 3.40. The van der Waals surface area contributed by atoms with Crippen molar-refractivity contribution in [3.05, 3.63) is 35.7 Å². The van der Waals surface area contributed by atoms with Crippen molar-refractivity contribution in [2.75, 3.05) is 26.1 Å². The molecule has 21 heavy (non-hydrogen) atoms. The van der Waals surface area contributed by atoms with Crippen molar-refractivity contribution in [2.45, 2.75) is 26.8 Å². The molecule has 0 saturated carbocycles. The van der Waals surface area contributed by atoms with E-state index in [9.17, 15) is 0 Å². The van der Waals surface area contributed by atoms with E-state index in [-0.39, 0.29) is 0 Å². The second-order valence-corrected chi connectivity index (χ2v) is 5.05. The van der Waals surface area contributed by atoms with Gasteiger partial charge in [-0.3, -0.25) is 0 Å². The molecular formula is C16H23N3O2. The highest BCUT2D eigenvalue weighted by Crippen LogP contribution is 2.24. The first kappa shape index (κ1) is 15.4. The number of aryl methyl sites for hydroxylation is 3. The number of ether oxygens (including phenoxy) is 2. The van der Waals surface area contributed by atoms with E-state index in [1.807, 2.05) is 25.1 Å². The molecule has 0 atom stereocenters. The molecule has 0 amide bonds. The predicted octanol–water partition coefficient (Wildman–Crippen LogP) is 3.29. The van der Waals surface area contributed by atoms with E-state index in [1.54, 1.807) is 14.2 Å². The van der Waals surface area contributed by atoms with Crippen LogP contribution in [0.4, 0.5) is 11.6 Å². The van der Waals surface area contributed by atoms with Crippen molar-refractivity contribution >= 4 is 11.6 Å². The Morgan fingerprint density at radius 1 is 1.24 bits per heavy atom. The highest BCUT2D eigenvalue weighted by molar-refractivity contribution is 5.60. The molecule has 2 aromatic rings. The number of imidazole rings is 1. The Balaban J connectivity index is 2.15. The van der Waals surface area contributed by atoms with Gasteiger partial charge < -0.3 is 19.4 Å². The number of nitrogens with one attached hydrogen (secondary N) is 1. The maximum absolute atomic E-state index is 5.23. The molecule has 0 fully saturated rings. The van der Waals surface area contributed by atoms with E-state index in [1.165, 1.54) is 0 Å². The van der Waals surface area contributed by atoms with E-state index in [0.717, 1.165) is 48.2 Å². The number of rotatable bonds is 7. The fourth-order valence-electron chi connectivity index (χ4n) is 2.22. The number of benzene rings is 1. The minimum absolute atomic E-state index is 0.748. The molecule has 5 nitrogen and oxygen atoms in total. The Kier molecular flexibility index (Phi) is 5.22. The second kappa shape index (κ2) is 7.13. The van der Waals surface area contributed by atoms with E-state index in [4.69, 9.17) is 9.47 Å². The summed E-state index contributed by atoms with van der Waals surface area (Å²) in [6.45, 7) is 5.68. The van der Waals surface area contributed by atoms with Crippen LogP contribution in [0.1, 0.15) is 17.7 Å². The smallest absolute Gasteiger partial charge is 0.207 e. The van der Waals surface area contributed by atoms with Crippen molar-refractivity contribution in [2.24, 2.45) is 0 Å². The zero-order valence-electron chi connectivity index (χ0n) is 13.1. The van der Waals surface area contributed by atoms with Gasteiger partial charge in [-0.1, -0.05) is 0 Å². The van der Waals surface area contributed by atoms with Crippen LogP contribution in [0.15, 0.2) is 24.4 Å². The van der Waals surface area contributed by atoms with Gasteiger partial charge in [0, 0.05) is 32.1 Å². The second-order valence-electron chi connectivity index (χ2n) is 5.05. The highest BCUT2D eigenvalue weighted by Gasteiger charge is 2.08. The number of methoxy groups -OCH3 is 2. The van der Waals surface area contributed by atoms with Gasteiger partial charge in [-0.2, -0.15) is 0 Å². The van der Waals surface area contributed by atoms with Crippen LogP contribution in [0.5, 0.6) is 5.75 Å². The first-order chi connectivity index (χ1) is 10.1. The Hall–Kier alpha value is -2.01. The summed E-state index contributed by atoms with van der Waals surface area (Å²) in [6.07, 6.45) is 3.01. The van der Waals surface area contributed by atoms with Crippen molar-refractivity contribution in [3.8, 4) is 5.75 Å². The Bertz CT molecular complexity index is 593. The van der Waals surface area contributed by atoms with Gasteiger partial charge >= 0.3 is 0 Å². The number of aromatic nitrogens is 2. The summed E-state index contributed by atoms with van der Waals surface area (Å²) < 4.78 is 12.5. The molecule has 0 aliphatic carbocycles. The summed E-state index contributed by atoms with van der Waals surface area (Å²) in [5, 5.41) is 3.40. The summed E-state index contributed by atoms with van der Waals surface area (Å²) in [4.78, 5) is 4.55. The van der Waals surface area contributed by atoms with Crippen LogP contribution in [0, 0.1) is 13.8 Å². The summed E-state index contributed by atoms with van der Waals surface area (Å²) in [6, 6.07) is 5.96. The quantitative estimate of drug-likeness (QED) is 0.795. The summed E-state index contributed by atoms with van der Waals surface area (Å²) in [5.41, 5.74) is 3.16. The van der Waals surface area contributed by atoms with Crippen molar-refractivity contribution in [1.82, 2.24) is 9.55 Å². The third kappa shape index (κ3) is 3.98. The summed E-state index contributed by atoms with van der Waals surface area (Å²) in [5.74, 6) is 1.72. The predicted molar refractivity (Wildman–Crippen MR) is 84.5 cm³/mol. The number of hydrogen-bond donors (Lipinski definition) is 1. The topological polar surface area (TPSA) is 48.3 Å². The molecule has 114 valence electrons. The first-order valence-electron chi connectivity index (χ1n) is 7.08. The molecule has 1 aromatic carbocycles. The van der Waals surface area contributed by atoms with Gasteiger partial charge in [0.1, 0.15) is 5.75 Å². The van der Waals surface area contributed by atoms with Crippen LogP contribution >= 0.6 is 0 Å². The van der Waals surface area contributed by atoms with Crippen LogP contribution < -0.4 is 10.1 Å². The Labute approximate surface area is 125 Å². The van der Waals surface area contributed by atoms with E-state index in [0.29, 0.717) is 0 Å². The standard InChI is InChI=1S/C16H23N3O2/c1-12-10-14(21-4)6-7-15(12)18-16-17-13(2)11-19(16)8-5-9-20-3/h6-7,10-11H,5,8-9H2,1-4H3,(H,17,18). The maximum atomic E-state index is 5.23. The van der Waals surface area contributed by atoms with Crippen molar-refractivity contribution in [3.63, 3.8) is 0 Å². The molecule has 0 aliphatic rings. The number of nitrogens with zero attached hydrogens (tertiary/aromatic N) is 2. The van der Waals surface area contributed by atoms with Gasteiger partial charge in [0.05, 0.1) is 12.8 Å². The van der Waals surface area contributed by atoms with Crippen molar-refractivity contribution in [1.29, 1.82) is 0 Å². The lowest BCUT2D eigenvalue weighted by Crippen LogP contribution is -2.06. The molecule has 0 saturated heterocycles. The normalized spacial score (nSPS) is 10.7. The molecule has 5 heteroatoms. The van der Waals surface area contributed by atoms with Gasteiger partial charge in [-0.25, -0.2) is 4.98 Å². The van der Waals surface area contributed by atoms with Gasteiger partial charge in [-0.05, 0) is 44.0 Å². The maximum Gasteiger partial charge on any atom is 0.207 e. The Morgan fingerprint density at radius 3 is 2.71 bits per heavy atom. The number of hydrogen-bond acceptors (Lipinski definition) is 4. The minimum atomic E-state index is 0.748. The summed E-state index contributed by atoms with van der Waals surface area (Å²) >= 11 is 0. The van der Waals surface area contributed by atoms with Gasteiger partial charge in [0.2, 0.25) is 5.95 Å². The largest absolute Gasteiger partial charge is 0.497 e. The Morgan fingerprint density at radius 2 is 2.05 bits per heavy atom. The highest BCUT2D eigenvalue weighted by atomic mass is 16.5. The lowest BCUT2D eigenvalue weighted by molar-refractivity contribution is 0.190. The van der Waals surface area contributed by atoms with Crippen LogP contribution in [-0.4, -0.2) is 30.4 Å². The molecule has 0 bridgehead atoms. The first-order valence-corrected chi connectivity index (χ1v) is 7.08. The van der Waals surface area contributed by atoms with Gasteiger partial charge in [0.25, 0.3) is 0 Å². The average Bonchev–Trinajstić information content (AvgIpc) is 2.81. The molecule has 0 unspecified atom stereocenters. The van der Waals surface area contributed by atoms with Crippen LogP contribution in [-0.2, 0) is 11.3 Å².